The summed E-state index contributed by atoms with van der Waals surface area (Å²) in [6.45, 7) is 9.20. The van der Waals surface area contributed by atoms with Crippen molar-refractivity contribution >= 4 is 0 Å². The summed E-state index contributed by atoms with van der Waals surface area (Å²) in [5.41, 5.74) is 0. The molecule has 1 rings (SSSR count). The van der Waals surface area contributed by atoms with Gasteiger partial charge in [-0.05, 0) is 26.3 Å². The van der Waals surface area contributed by atoms with Crippen LogP contribution in [0.2, 0.25) is 0 Å². The molecule has 2 nitrogen and oxygen atoms in total. The van der Waals surface area contributed by atoms with Crippen LogP contribution in [0.15, 0.2) is 0 Å². The fraction of sp³-hybridized carbons (Fsp3) is 1.00. The van der Waals surface area contributed by atoms with Crippen LogP contribution in [0.3, 0.4) is 0 Å². The van der Waals surface area contributed by atoms with Crippen LogP contribution < -0.4 is 5.32 Å². The predicted molar refractivity (Wildman–Crippen MR) is 53.3 cm³/mol. The Morgan fingerprint density at radius 1 is 1.42 bits per heavy atom. The molecule has 12 heavy (non-hydrogen) atoms. The first-order chi connectivity index (χ1) is 5.61. The molecule has 2 atom stereocenters. The van der Waals surface area contributed by atoms with Gasteiger partial charge < -0.3 is 5.32 Å². The zero-order valence-electron chi connectivity index (χ0n) is 8.80. The average molecular weight is 170 g/mol. The molecule has 0 bridgehead atoms. The number of rotatable bonds is 2. The summed E-state index contributed by atoms with van der Waals surface area (Å²) in [5, 5.41) is 3.48. The molecule has 0 radical (unpaired) electrons. The summed E-state index contributed by atoms with van der Waals surface area (Å²) in [4.78, 5) is 2.51. The number of nitrogens with one attached hydrogen (secondary N) is 1. The highest BCUT2D eigenvalue weighted by Crippen LogP contribution is 2.14. The third-order valence-electron chi connectivity index (χ3n) is 2.83. The van der Waals surface area contributed by atoms with Crippen LogP contribution in [-0.4, -0.2) is 37.1 Å². The zero-order chi connectivity index (χ0) is 9.14. The molecule has 0 spiro atoms. The largest absolute Gasteiger partial charge is 0.314 e. The van der Waals surface area contributed by atoms with Gasteiger partial charge in [0.25, 0.3) is 0 Å². The van der Waals surface area contributed by atoms with E-state index < -0.39 is 0 Å². The standard InChI is InChI=1S/C10H22N2/c1-8(2)5-10-7-11-6-9(3)12(10)4/h8-11H,5-7H2,1-4H3/t9?,10-/m1/s1. The van der Waals surface area contributed by atoms with E-state index in [9.17, 15) is 0 Å². The van der Waals surface area contributed by atoms with Gasteiger partial charge in [0.2, 0.25) is 0 Å². The third-order valence-corrected chi connectivity index (χ3v) is 2.83. The van der Waals surface area contributed by atoms with E-state index in [2.05, 4.69) is 38.0 Å². The van der Waals surface area contributed by atoms with Gasteiger partial charge in [-0.1, -0.05) is 13.8 Å². The van der Waals surface area contributed by atoms with Gasteiger partial charge in [0.15, 0.2) is 0 Å². The lowest BCUT2D eigenvalue weighted by Gasteiger charge is -2.39. The second kappa shape index (κ2) is 4.24. The normalized spacial score (nSPS) is 32.8. The molecule has 0 aromatic heterocycles. The predicted octanol–water partition coefficient (Wildman–Crippen LogP) is 1.32. The van der Waals surface area contributed by atoms with Gasteiger partial charge in [-0.2, -0.15) is 0 Å². The van der Waals surface area contributed by atoms with Crippen LogP contribution in [0.4, 0.5) is 0 Å². The van der Waals surface area contributed by atoms with Crippen LogP contribution in [0.5, 0.6) is 0 Å². The van der Waals surface area contributed by atoms with E-state index >= 15 is 0 Å². The highest BCUT2D eigenvalue weighted by atomic mass is 15.2. The Morgan fingerprint density at radius 3 is 2.67 bits per heavy atom. The first-order valence-corrected chi connectivity index (χ1v) is 5.04. The molecule has 0 amide bonds. The van der Waals surface area contributed by atoms with Crippen molar-refractivity contribution in [1.82, 2.24) is 10.2 Å². The second-order valence-electron chi connectivity index (χ2n) is 4.46. The molecule has 1 fully saturated rings. The fourth-order valence-corrected chi connectivity index (χ4v) is 1.90. The van der Waals surface area contributed by atoms with Crippen molar-refractivity contribution in [1.29, 1.82) is 0 Å². The summed E-state index contributed by atoms with van der Waals surface area (Å²) >= 11 is 0. The third kappa shape index (κ3) is 2.46. The average Bonchev–Trinajstić information content (AvgIpc) is 1.98. The van der Waals surface area contributed by atoms with Crippen molar-refractivity contribution in [3.63, 3.8) is 0 Å². The lowest BCUT2D eigenvalue weighted by atomic mass is 9.99. The Morgan fingerprint density at radius 2 is 2.08 bits per heavy atom. The molecule has 1 aliphatic rings. The summed E-state index contributed by atoms with van der Waals surface area (Å²) in [5.74, 6) is 0.810. The summed E-state index contributed by atoms with van der Waals surface area (Å²) in [7, 11) is 2.25. The maximum absolute atomic E-state index is 3.48. The molecule has 1 N–H and O–H groups in total. The molecule has 72 valence electrons. The molecule has 0 aromatic carbocycles. The molecule has 1 saturated heterocycles. The molecule has 0 aromatic rings. The highest BCUT2D eigenvalue weighted by molar-refractivity contribution is 4.83. The lowest BCUT2D eigenvalue weighted by molar-refractivity contribution is 0.124. The van der Waals surface area contributed by atoms with Crippen LogP contribution >= 0.6 is 0 Å². The SMILES string of the molecule is CC(C)C[C@@H]1CNCC(C)N1C. The van der Waals surface area contributed by atoms with Crippen molar-refractivity contribution < 1.29 is 0 Å². The van der Waals surface area contributed by atoms with E-state index in [-0.39, 0.29) is 0 Å². The molecule has 1 unspecified atom stereocenters. The Kier molecular flexibility index (Phi) is 3.53. The number of hydrogen-bond acceptors (Lipinski definition) is 2. The van der Waals surface area contributed by atoms with Gasteiger partial charge in [-0.15, -0.1) is 0 Å². The van der Waals surface area contributed by atoms with Crippen molar-refractivity contribution in [3.8, 4) is 0 Å². The van der Waals surface area contributed by atoms with E-state index in [1.54, 1.807) is 0 Å². The van der Waals surface area contributed by atoms with Crippen LogP contribution in [0, 0.1) is 5.92 Å². The second-order valence-corrected chi connectivity index (χ2v) is 4.46. The molecular formula is C10H22N2. The Bertz CT molecular complexity index is 134. The van der Waals surface area contributed by atoms with Gasteiger partial charge in [-0.3, -0.25) is 4.90 Å². The smallest absolute Gasteiger partial charge is 0.0223 e. The maximum Gasteiger partial charge on any atom is 0.0223 e. The first-order valence-electron chi connectivity index (χ1n) is 5.04. The van der Waals surface area contributed by atoms with Crippen molar-refractivity contribution in [2.45, 2.75) is 39.3 Å². The molecule has 1 aliphatic heterocycles. The van der Waals surface area contributed by atoms with Crippen LogP contribution in [-0.2, 0) is 0 Å². The zero-order valence-corrected chi connectivity index (χ0v) is 8.80. The topological polar surface area (TPSA) is 15.3 Å². The fourth-order valence-electron chi connectivity index (χ4n) is 1.90. The monoisotopic (exact) mass is 170 g/mol. The van der Waals surface area contributed by atoms with Gasteiger partial charge >= 0.3 is 0 Å². The Labute approximate surface area is 76.3 Å². The number of likely N-dealkylation sites (N-methyl/N-ethyl adjacent to an activating group) is 1. The van der Waals surface area contributed by atoms with Gasteiger partial charge in [0, 0.05) is 25.2 Å². The minimum Gasteiger partial charge on any atom is -0.314 e. The van der Waals surface area contributed by atoms with E-state index in [4.69, 9.17) is 0 Å². The molecule has 2 heteroatoms. The molecule has 0 saturated carbocycles. The molecule has 0 aliphatic carbocycles. The van der Waals surface area contributed by atoms with Crippen molar-refractivity contribution in [3.05, 3.63) is 0 Å². The van der Waals surface area contributed by atoms with Crippen molar-refractivity contribution in [2.75, 3.05) is 20.1 Å². The quantitative estimate of drug-likeness (QED) is 0.672. The maximum atomic E-state index is 3.48. The minimum absolute atomic E-state index is 0.697. The molecule has 1 heterocycles. The number of nitrogens with zero attached hydrogens (tertiary/aromatic N) is 1. The van der Waals surface area contributed by atoms with E-state index in [0.29, 0.717) is 6.04 Å². The van der Waals surface area contributed by atoms with Crippen LogP contribution in [0.25, 0.3) is 0 Å². The lowest BCUT2D eigenvalue weighted by Crippen LogP contribution is -2.54. The van der Waals surface area contributed by atoms with Crippen LogP contribution in [0.1, 0.15) is 27.2 Å². The highest BCUT2D eigenvalue weighted by Gasteiger charge is 2.24. The first kappa shape index (κ1) is 10.0. The van der Waals surface area contributed by atoms with Gasteiger partial charge in [-0.25, -0.2) is 0 Å². The summed E-state index contributed by atoms with van der Waals surface area (Å²) < 4.78 is 0. The number of piperazine rings is 1. The van der Waals surface area contributed by atoms with E-state index in [1.165, 1.54) is 13.0 Å². The van der Waals surface area contributed by atoms with E-state index in [0.717, 1.165) is 18.5 Å². The van der Waals surface area contributed by atoms with Crippen molar-refractivity contribution in [2.24, 2.45) is 5.92 Å². The summed E-state index contributed by atoms with van der Waals surface area (Å²) in [6, 6.07) is 1.44. The molecular weight excluding hydrogens is 148 g/mol. The van der Waals surface area contributed by atoms with E-state index in [1.807, 2.05) is 0 Å². The minimum atomic E-state index is 0.697. The number of hydrogen-bond donors (Lipinski definition) is 1. The summed E-state index contributed by atoms with van der Waals surface area (Å²) in [6.07, 6.45) is 1.31. The van der Waals surface area contributed by atoms with Gasteiger partial charge in [0.05, 0.1) is 0 Å². The van der Waals surface area contributed by atoms with Gasteiger partial charge in [0.1, 0.15) is 0 Å². The Balaban J connectivity index is 2.41. The Hall–Kier alpha value is -0.0800.